The van der Waals surface area contributed by atoms with E-state index < -0.39 is 0 Å². The highest BCUT2D eigenvalue weighted by molar-refractivity contribution is 9.10. The molecule has 2 nitrogen and oxygen atoms in total. The molecule has 2 rings (SSSR count). The summed E-state index contributed by atoms with van der Waals surface area (Å²) in [7, 11) is 1.39. The van der Waals surface area contributed by atoms with Gasteiger partial charge in [0.05, 0.1) is 12.7 Å². The quantitative estimate of drug-likeness (QED) is 0.777. The lowest BCUT2D eigenvalue weighted by molar-refractivity contribution is 0.0601. The zero-order valence-electron chi connectivity index (χ0n) is 10.2. The SMILES string of the molecule is COC(=O)c1cc(Br)ccc1-c1ccc(C)cc1. The predicted molar refractivity (Wildman–Crippen MR) is 75.7 cm³/mol. The summed E-state index contributed by atoms with van der Waals surface area (Å²) < 4.78 is 5.68. The average Bonchev–Trinajstić information content (AvgIpc) is 2.39. The van der Waals surface area contributed by atoms with Crippen LogP contribution in [0.4, 0.5) is 0 Å². The van der Waals surface area contributed by atoms with Gasteiger partial charge in [-0.05, 0) is 30.2 Å². The van der Waals surface area contributed by atoms with Crippen LogP contribution in [0.2, 0.25) is 0 Å². The fraction of sp³-hybridized carbons (Fsp3) is 0.133. The Labute approximate surface area is 115 Å². The molecule has 0 aliphatic rings. The third kappa shape index (κ3) is 2.62. The van der Waals surface area contributed by atoms with Gasteiger partial charge >= 0.3 is 5.97 Å². The Balaban J connectivity index is 2.56. The summed E-state index contributed by atoms with van der Waals surface area (Å²) in [6, 6.07) is 13.7. The molecule has 0 radical (unpaired) electrons. The van der Waals surface area contributed by atoms with E-state index in [0.29, 0.717) is 5.56 Å². The summed E-state index contributed by atoms with van der Waals surface area (Å²) in [5.74, 6) is -0.327. The van der Waals surface area contributed by atoms with Crippen LogP contribution in [-0.2, 0) is 4.74 Å². The molecular weight excluding hydrogens is 292 g/mol. The number of hydrogen-bond acceptors (Lipinski definition) is 2. The van der Waals surface area contributed by atoms with Crippen molar-refractivity contribution in [3.63, 3.8) is 0 Å². The van der Waals surface area contributed by atoms with E-state index in [1.54, 1.807) is 6.07 Å². The van der Waals surface area contributed by atoms with Crippen molar-refractivity contribution >= 4 is 21.9 Å². The zero-order valence-corrected chi connectivity index (χ0v) is 11.8. The fourth-order valence-electron chi connectivity index (χ4n) is 1.78. The fourth-order valence-corrected chi connectivity index (χ4v) is 2.14. The Bertz CT molecular complexity index is 574. The van der Waals surface area contributed by atoms with Crippen LogP contribution in [0, 0.1) is 6.92 Å². The highest BCUT2D eigenvalue weighted by atomic mass is 79.9. The van der Waals surface area contributed by atoms with E-state index in [9.17, 15) is 4.79 Å². The van der Waals surface area contributed by atoms with Gasteiger partial charge < -0.3 is 4.74 Å². The van der Waals surface area contributed by atoms with Crippen molar-refractivity contribution < 1.29 is 9.53 Å². The molecule has 3 heteroatoms. The van der Waals surface area contributed by atoms with Gasteiger partial charge in [0.15, 0.2) is 0 Å². The van der Waals surface area contributed by atoms with Crippen molar-refractivity contribution in [3.8, 4) is 11.1 Å². The lowest BCUT2D eigenvalue weighted by atomic mass is 9.99. The number of aryl methyl sites for hydroxylation is 1. The Morgan fingerprint density at radius 1 is 1.11 bits per heavy atom. The summed E-state index contributed by atoms with van der Waals surface area (Å²) in [6.45, 7) is 2.03. The van der Waals surface area contributed by atoms with Crippen LogP contribution in [0.3, 0.4) is 0 Å². The van der Waals surface area contributed by atoms with Crippen LogP contribution >= 0.6 is 15.9 Å². The van der Waals surface area contributed by atoms with Crippen LogP contribution < -0.4 is 0 Å². The van der Waals surface area contributed by atoms with Gasteiger partial charge in [-0.1, -0.05) is 51.8 Å². The first-order valence-corrected chi connectivity index (χ1v) is 6.36. The van der Waals surface area contributed by atoms with Crippen molar-refractivity contribution in [2.24, 2.45) is 0 Å². The molecule has 0 amide bonds. The van der Waals surface area contributed by atoms with Crippen molar-refractivity contribution in [2.45, 2.75) is 6.92 Å². The second-order valence-electron chi connectivity index (χ2n) is 4.05. The van der Waals surface area contributed by atoms with E-state index in [1.807, 2.05) is 43.3 Å². The number of carbonyl (C=O) groups is 1. The van der Waals surface area contributed by atoms with Gasteiger partial charge in [-0.2, -0.15) is 0 Å². The third-order valence-corrected chi connectivity index (χ3v) is 3.24. The van der Waals surface area contributed by atoms with E-state index >= 15 is 0 Å². The van der Waals surface area contributed by atoms with Gasteiger partial charge in [0.1, 0.15) is 0 Å². The lowest BCUT2D eigenvalue weighted by Crippen LogP contribution is -2.03. The van der Waals surface area contributed by atoms with E-state index in [1.165, 1.54) is 12.7 Å². The minimum absolute atomic E-state index is 0.327. The highest BCUT2D eigenvalue weighted by Gasteiger charge is 2.13. The Hall–Kier alpha value is -1.61. The molecule has 0 unspecified atom stereocenters. The molecule has 0 aliphatic heterocycles. The number of ether oxygens (including phenoxy) is 1. The second-order valence-corrected chi connectivity index (χ2v) is 4.96. The van der Waals surface area contributed by atoms with Crippen molar-refractivity contribution in [2.75, 3.05) is 7.11 Å². The van der Waals surface area contributed by atoms with Gasteiger partial charge in [0.25, 0.3) is 0 Å². The smallest absolute Gasteiger partial charge is 0.338 e. The summed E-state index contributed by atoms with van der Waals surface area (Å²) in [6.07, 6.45) is 0. The van der Waals surface area contributed by atoms with Crippen LogP contribution in [0.5, 0.6) is 0 Å². The number of carbonyl (C=O) groups excluding carboxylic acids is 1. The predicted octanol–water partition coefficient (Wildman–Crippen LogP) is 4.21. The maximum absolute atomic E-state index is 11.8. The molecule has 92 valence electrons. The number of halogens is 1. The Kier molecular flexibility index (Phi) is 3.82. The summed E-state index contributed by atoms with van der Waals surface area (Å²) in [5, 5.41) is 0. The van der Waals surface area contributed by atoms with Crippen molar-refractivity contribution in [1.82, 2.24) is 0 Å². The summed E-state index contributed by atoms with van der Waals surface area (Å²) in [4.78, 5) is 11.8. The summed E-state index contributed by atoms with van der Waals surface area (Å²) in [5.41, 5.74) is 3.64. The molecule has 0 aliphatic carbocycles. The molecule has 0 spiro atoms. The van der Waals surface area contributed by atoms with Gasteiger partial charge in [0, 0.05) is 4.47 Å². The molecule has 2 aromatic rings. The van der Waals surface area contributed by atoms with E-state index in [-0.39, 0.29) is 5.97 Å². The minimum atomic E-state index is -0.327. The lowest BCUT2D eigenvalue weighted by Gasteiger charge is -2.09. The first kappa shape index (κ1) is 12.8. The van der Waals surface area contributed by atoms with Gasteiger partial charge in [-0.3, -0.25) is 0 Å². The van der Waals surface area contributed by atoms with Crippen LogP contribution in [0.15, 0.2) is 46.9 Å². The molecule has 0 fully saturated rings. The Morgan fingerprint density at radius 3 is 2.39 bits per heavy atom. The molecule has 2 aromatic carbocycles. The molecule has 0 aromatic heterocycles. The van der Waals surface area contributed by atoms with Crippen molar-refractivity contribution in [1.29, 1.82) is 0 Å². The topological polar surface area (TPSA) is 26.3 Å². The number of benzene rings is 2. The van der Waals surface area contributed by atoms with E-state index in [2.05, 4.69) is 15.9 Å². The first-order chi connectivity index (χ1) is 8.61. The second kappa shape index (κ2) is 5.36. The molecule has 0 saturated carbocycles. The van der Waals surface area contributed by atoms with Gasteiger partial charge in [-0.25, -0.2) is 4.79 Å². The van der Waals surface area contributed by atoms with Crippen molar-refractivity contribution in [3.05, 3.63) is 58.1 Å². The third-order valence-electron chi connectivity index (χ3n) is 2.75. The Morgan fingerprint density at radius 2 is 1.78 bits per heavy atom. The normalized spacial score (nSPS) is 10.2. The van der Waals surface area contributed by atoms with Crippen LogP contribution in [0.25, 0.3) is 11.1 Å². The highest BCUT2D eigenvalue weighted by Crippen LogP contribution is 2.27. The van der Waals surface area contributed by atoms with E-state index in [4.69, 9.17) is 4.74 Å². The maximum Gasteiger partial charge on any atom is 0.338 e. The number of esters is 1. The van der Waals surface area contributed by atoms with Crippen LogP contribution in [-0.4, -0.2) is 13.1 Å². The molecule has 0 atom stereocenters. The summed E-state index contributed by atoms with van der Waals surface area (Å²) >= 11 is 3.37. The molecule has 0 bridgehead atoms. The largest absolute Gasteiger partial charge is 0.465 e. The first-order valence-electron chi connectivity index (χ1n) is 5.56. The average molecular weight is 305 g/mol. The zero-order chi connectivity index (χ0) is 13.1. The van der Waals surface area contributed by atoms with Gasteiger partial charge in [0.2, 0.25) is 0 Å². The van der Waals surface area contributed by atoms with Gasteiger partial charge in [-0.15, -0.1) is 0 Å². The van der Waals surface area contributed by atoms with E-state index in [0.717, 1.165) is 15.6 Å². The maximum atomic E-state index is 11.8. The molecule has 0 N–H and O–H groups in total. The minimum Gasteiger partial charge on any atom is -0.465 e. The molecule has 0 heterocycles. The molecular formula is C15H13BrO2. The number of rotatable bonds is 2. The number of methoxy groups -OCH3 is 1. The molecule has 0 saturated heterocycles. The van der Waals surface area contributed by atoms with Crippen LogP contribution in [0.1, 0.15) is 15.9 Å². The monoisotopic (exact) mass is 304 g/mol. The number of hydrogen-bond donors (Lipinski definition) is 0. The standard InChI is InChI=1S/C15H13BrO2/c1-10-3-5-11(6-4-10)13-8-7-12(16)9-14(13)15(17)18-2/h3-9H,1-2H3. The molecule has 18 heavy (non-hydrogen) atoms.